The van der Waals surface area contributed by atoms with Crippen molar-refractivity contribution < 1.29 is 4.79 Å². The second-order valence-corrected chi connectivity index (χ2v) is 4.27. The molecule has 15 heavy (non-hydrogen) atoms. The molecule has 1 rings (SSSR count). The van der Waals surface area contributed by atoms with Gasteiger partial charge in [-0.25, -0.2) is 0 Å². The highest BCUT2D eigenvalue weighted by atomic mass is 16.2. The molecule has 1 aliphatic carbocycles. The number of amides is 1. The molecule has 0 spiro atoms. The number of nitrogens with two attached hydrogens (primary N) is 1. The normalized spacial score (nSPS) is 17.7. The molecule has 4 nitrogen and oxygen atoms in total. The minimum absolute atomic E-state index is 0.0925. The van der Waals surface area contributed by atoms with Crippen LogP contribution in [0, 0.1) is 11.3 Å². The van der Waals surface area contributed by atoms with Crippen LogP contribution in [-0.4, -0.2) is 29.4 Å². The first kappa shape index (κ1) is 12.0. The van der Waals surface area contributed by atoms with Gasteiger partial charge in [0.25, 0.3) is 0 Å². The molecule has 0 atom stereocenters. The van der Waals surface area contributed by atoms with Gasteiger partial charge in [0.15, 0.2) is 0 Å². The Kier molecular flexibility index (Phi) is 4.10. The van der Waals surface area contributed by atoms with E-state index in [2.05, 4.69) is 6.07 Å². The summed E-state index contributed by atoms with van der Waals surface area (Å²) in [6, 6.07) is 2.05. The van der Waals surface area contributed by atoms with E-state index in [1.54, 1.807) is 4.90 Å². The Balaban J connectivity index is 2.39. The lowest BCUT2D eigenvalue weighted by molar-refractivity contribution is -0.133. The molecule has 1 fully saturated rings. The van der Waals surface area contributed by atoms with Crippen LogP contribution in [0.1, 0.15) is 39.0 Å². The summed E-state index contributed by atoms with van der Waals surface area (Å²) in [5.41, 5.74) is 5.76. The predicted molar refractivity (Wildman–Crippen MR) is 57.9 cm³/mol. The minimum Gasteiger partial charge on any atom is -0.342 e. The maximum atomic E-state index is 11.8. The van der Waals surface area contributed by atoms with Crippen LogP contribution in [0.25, 0.3) is 0 Å². The van der Waals surface area contributed by atoms with E-state index in [0.717, 1.165) is 19.3 Å². The zero-order valence-electron chi connectivity index (χ0n) is 9.33. The average molecular weight is 209 g/mol. The van der Waals surface area contributed by atoms with E-state index in [-0.39, 0.29) is 11.4 Å². The molecule has 1 saturated carbocycles. The molecule has 4 heteroatoms. The van der Waals surface area contributed by atoms with Crippen LogP contribution in [-0.2, 0) is 4.79 Å². The number of nitriles is 1. The van der Waals surface area contributed by atoms with Gasteiger partial charge in [-0.15, -0.1) is 0 Å². The Morgan fingerprint density at radius 3 is 2.67 bits per heavy atom. The molecule has 0 aromatic carbocycles. The maximum Gasteiger partial charge on any atom is 0.224 e. The first-order valence-corrected chi connectivity index (χ1v) is 5.55. The zero-order chi connectivity index (χ0) is 11.3. The number of hydrogen-bond acceptors (Lipinski definition) is 3. The van der Waals surface area contributed by atoms with Crippen molar-refractivity contribution in [2.75, 3.05) is 13.1 Å². The van der Waals surface area contributed by atoms with Gasteiger partial charge >= 0.3 is 0 Å². The second kappa shape index (κ2) is 5.13. The van der Waals surface area contributed by atoms with Gasteiger partial charge in [-0.05, 0) is 26.2 Å². The number of nitrogens with zero attached hydrogens (tertiary/aromatic N) is 2. The minimum atomic E-state index is -0.253. The van der Waals surface area contributed by atoms with Crippen LogP contribution in [0.15, 0.2) is 0 Å². The largest absolute Gasteiger partial charge is 0.342 e. The number of carbonyl (C=O) groups is 1. The number of hydrogen-bond donors (Lipinski definition) is 1. The molecule has 0 saturated heterocycles. The first-order valence-electron chi connectivity index (χ1n) is 5.55. The van der Waals surface area contributed by atoms with Crippen LogP contribution in [0.4, 0.5) is 0 Å². The maximum absolute atomic E-state index is 11.8. The zero-order valence-corrected chi connectivity index (χ0v) is 9.33. The van der Waals surface area contributed by atoms with Gasteiger partial charge in [0.1, 0.15) is 0 Å². The van der Waals surface area contributed by atoms with E-state index in [0.29, 0.717) is 25.9 Å². The highest BCUT2D eigenvalue weighted by Crippen LogP contribution is 2.32. The van der Waals surface area contributed by atoms with Crippen LogP contribution in [0.3, 0.4) is 0 Å². The summed E-state index contributed by atoms with van der Waals surface area (Å²) >= 11 is 0. The Morgan fingerprint density at radius 2 is 2.27 bits per heavy atom. The van der Waals surface area contributed by atoms with Crippen molar-refractivity contribution in [1.29, 1.82) is 5.26 Å². The number of carbonyl (C=O) groups excluding carboxylic acids is 1. The first-order chi connectivity index (χ1) is 7.11. The summed E-state index contributed by atoms with van der Waals surface area (Å²) in [6.07, 6.45) is 3.88. The van der Waals surface area contributed by atoms with E-state index in [9.17, 15) is 4.79 Å². The Morgan fingerprint density at radius 1 is 1.60 bits per heavy atom. The van der Waals surface area contributed by atoms with E-state index >= 15 is 0 Å². The van der Waals surface area contributed by atoms with Crippen LogP contribution in [0.2, 0.25) is 0 Å². The van der Waals surface area contributed by atoms with Gasteiger partial charge in [-0.2, -0.15) is 5.26 Å². The average Bonchev–Trinajstić information content (AvgIpc) is 2.16. The van der Waals surface area contributed by atoms with Gasteiger partial charge in [-0.3, -0.25) is 4.79 Å². The molecule has 0 radical (unpaired) electrons. The molecule has 0 aromatic heterocycles. The monoisotopic (exact) mass is 209 g/mol. The molecular weight excluding hydrogens is 190 g/mol. The Bertz CT molecular complexity index is 265. The molecule has 0 aliphatic heterocycles. The van der Waals surface area contributed by atoms with Gasteiger partial charge in [0.05, 0.1) is 12.5 Å². The van der Waals surface area contributed by atoms with Gasteiger partial charge in [-0.1, -0.05) is 0 Å². The third-order valence-electron chi connectivity index (χ3n) is 3.08. The van der Waals surface area contributed by atoms with Gasteiger partial charge < -0.3 is 10.6 Å². The lowest BCUT2D eigenvalue weighted by Crippen LogP contribution is -2.50. The molecule has 0 bridgehead atoms. The van der Waals surface area contributed by atoms with Crippen molar-refractivity contribution >= 4 is 5.91 Å². The van der Waals surface area contributed by atoms with Crippen LogP contribution in [0.5, 0.6) is 0 Å². The summed E-state index contributed by atoms with van der Waals surface area (Å²) in [7, 11) is 0. The topological polar surface area (TPSA) is 70.1 Å². The molecular formula is C11H19N3O. The number of rotatable bonds is 5. The fourth-order valence-corrected chi connectivity index (χ4v) is 1.86. The molecule has 0 aromatic rings. The highest BCUT2D eigenvalue weighted by Gasteiger charge is 2.35. The van der Waals surface area contributed by atoms with Crippen molar-refractivity contribution in [2.45, 2.75) is 44.6 Å². The third-order valence-corrected chi connectivity index (χ3v) is 3.08. The summed E-state index contributed by atoms with van der Waals surface area (Å²) in [6.45, 7) is 3.12. The highest BCUT2D eigenvalue weighted by molar-refractivity contribution is 5.77. The van der Waals surface area contributed by atoms with E-state index < -0.39 is 0 Å². The van der Waals surface area contributed by atoms with Crippen LogP contribution < -0.4 is 5.73 Å². The SMILES string of the molecule is CCN(CCC#N)C(=O)CC1(N)CCC1. The molecule has 1 amide bonds. The lowest BCUT2D eigenvalue weighted by atomic mass is 9.75. The molecule has 1 aliphatic rings. The van der Waals surface area contributed by atoms with Crippen molar-refractivity contribution in [2.24, 2.45) is 5.73 Å². The summed E-state index contributed by atoms with van der Waals surface area (Å²) in [5, 5.41) is 8.47. The fraction of sp³-hybridized carbons (Fsp3) is 0.818. The lowest BCUT2D eigenvalue weighted by Gasteiger charge is -2.38. The fourth-order valence-electron chi connectivity index (χ4n) is 1.86. The molecule has 84 valence electrons. The second-order valence-electron chi connectivity index (χ2n) is 4.27. The van der Waals surface area contributed by atoms with Crippen molar-refractivity contribution in [1.82, 2.24) is 4.90 Å². The molecule has 0 unspecified atom stereocenters. The van der Waals surface area contributed by atoms with Crippen molar-refractivity contribution in [3.8, 4) is 6.07 Å². The van der Waals surface area contributed by atoms with Crippen molar-refractivity contribution in [3.05, 3.63) is 0 Å². The van der Waals surface area contributed by atoms with E-state index in [4.69, 9.17) is 11.0 Å². The summed E-state index contributed by atoms with van der Waals surface area (Å²) in [4.78, 5) is 13.5. The summed E-state index contributed by atoms with van der Waals surface area (Å²) < 4.78 is 0. The summed E-state index contributed by atoms with van der Waals surface area (Å²) in [5.74, 6) is 0.0925. The van der Waals surface area contributed by atoms with Gasteiger partial charge in [0.2, 0.25) is 5.91 Å². The predicted octanol–water partition coefficient (Wildman–Crippen LogP) is 1.02. The molecule has 0 heterocycles. The Hall–Kier alpha value is -1.08. The quantitative estimate of drug-likeness (QED) is 0.735. The molecule has 2 N–H and O–H groups in total. The van der Waals surface area contributed by atoms with Crippen molar-refractivity contribution in [3.63, 3.8) is 0 Å². The third kappa shape index (κ3) is 3.21. The standard InChI is InChI=1S/C11H19N3O/c1-2-14(8-4-7-12)10(15)9-11(13)5-3-6-11/h2-6,8-9,13H2,1H3. The Labute approximate surface area is 91.0 Å². The van der Waals surface area contributed by atoms with Gasteiger partial charge in [0, 0.05) is 25.0 Å². The van der Waals surface area contributed by atoms with E-state index in [1.165, 1.54) is 0 Å². The smallest absolute Gasteiger partial charge is 0.224 e. The van der Waals surface area contributed by atoms with Crippen LogP contribution >= 0.6 is 0 Å². The van der Waals surface area contributed by atoms with E-state index in [1.807, 2.05) is 6.92 Å².